The van der Waals surface area contributed by atoms with Gasteiger partial charge in [-0.2, -0.15) is 0 Å². The van der Waals surface area contributed by atoms with E-state index in [1.54, 1.807) is 4.90 Å². The maximum absolute atomic E-state index is 11.9. The van der Waals surface area contributed by atoms with Crippen molar-refractivity contribution >= 4 is 28.7 Å². The van der Waals surface area contributed by atoms with Gasteiger partial charge in [0.1, 0.15) is 5.52 Å². The van der Waals surface area contributed by atoms with E-state index in [9.17, 15) is 9.59 Å². The molecule has 2 rings (SSSR count). The standard InChI is InChI=1S/C13H18N4O2S/c1-4-17(5-2)10(18)7-20-13-15-9-6-8(3)14-11(9)12(19)16-13/h6,14H,4-5,7H2,1-3H3,(H,15,16,19). The Morgan fingerprint density at radius 3 is 2.70 bits per heavy atom. The molecule has 108 valence electrons. The van der Waals surface area contributed by atoms with E-state index in [1.165, 1.54) is 11.8 Å². The van der Waals surface area contributed by atoms with Crippen molar-refractivity contribution in [3.8, 4) is 0 Å². The number of nitrogens with one attached hydrogen (secondary N) is 2. The van der Waals surface area contributed by atoms with Gasteiger partial charge in [-0.3, -0.25) is 14.6 Å². The Morgan fingerprint density at radius 2 is 2.05 bits per heavy atom. The van der Waals surface area contributed by atoms with Crippen molar-refractivity contribution in [1.82, 2.24) is 19.9 Å². The molecule has 2 aromatic heterocycles. The second kappa shape index (κ2) is 6.13. The van der Waals surface area contributed by atoms with Gasteiger partial charge in [-0.25, -0.2) is 4.98 Å². The smallest absolute Gasteiger partial charge is 0.275 e. The molecule has 0 fully saturated rings. The van der Waals surface area contributed by atoms with Crippen LogP contribution in [-0.4, -0.2) is 44.6 Å². The maximum Gasteiger partial charge on any atom is 0.275 e. The zero-order valence-corrected chi connectivity index (χ0v) is 12.6. The summed E-state index contributed by atoms with van der Waals surface area (Å²) in [6.45, 7) is 7.14. The largest absolute Gasteiger partial charge is 0.353 e. The average Bonchev–Trinajstić information content (AvgIpc) is 2.79. The van der Waals surface area contributed by atoms with Gasteiger partial charge in [-0.1, -0.05) is 11.8 Å². The average molecular weight is 294 g/mol. The van der Waals surface area contributed by atoms with Crippen LogP contribution in [0.2, 0.25) is 0 Å². The second-order valence-electron chi connectivity index (χ2n) is 4.44. The fourth-order valence-corrected chi connectivity index (χ4v) is 2.77. The summed E-state index contributed by atoms with van der Waals surface area (Å²) in [7, 11) is 0. The maximum atomic E-state index is 11.9. The number of rotatable bonds is 5. The number of thioether (sulfide) groups is 1. The molecule has 2 N–H and O–H groups in total. The molecule has 6 nitrogen and oxygen atoms in total. The Balaban J connectivity index is 2.14. The highest BCUT2D eigenvalue weighted by molar-refractivity contribution is 7.99. The van der Waals surface area contributed by atoms with Gasteiger partial charge in [0.15, 0.2) is 5.16 Å². The van der Waals surface area contributed by atoms with Crippen LogP contribution in [-0.2, 0) is 4.79 Å². The molecule has 2 heterocycles. The molecule has 0 spiro atoms. The highest BCUT2D eigenvalue weighted by Gasteiger charge is 2.12. The fraction of sp³-hybridized carbons (Fsp3) is 0.462. The van der Waals surface area contributed by atoms with Crippen LogP contribution < -0.4 is 5.56 Å². The molecule has 0 aliphatic heterocycles. The minimum Gasteiger partial charge on any atom is -0.353 e. The van der Waals surface area contributed by atoms with Crippen molar-refractivity contribution in [1.29, 1.82) is 0 Å². The van der Waals surface area contributed by atoms with Crippen molar-refractivity contribution in [2.24, 2.45) is 0 Å². The number of H-pyrrole nitrogens is 2. The lowest BCUT2D eigenvalue weighted by Gasteiger charge is -2.17. The lowest BCUT2D eigenvalue weighted by Crippen LogP contribution is -2.32. The van der Waals surface area contributed by atoms with Gasteiger partial charge in [-0.05, 0) is 26.8 Å². The van der Waals surface area contributed by atoms with Gasteiger partial charge in [-0.15, -0.1) is 0 Å². The van der Waals surface area contributed by atoms with Crippen LogP contribution in [0.3, 0.4) is 0 Å². The van der Waals surface area contributed by atoms with Crippen LogP contribution >= 0.6 is 11.8 Å². The third-order valence-corrected chi connectivity index (χ3v) is 3.91. The number of hydrogen-bond donors (Lipinski definition) is 2. The van der Waals surface area contributed by atoms with Gasteiger partial charge >= 0.3 is 0 Å². The third kappa shape index (κ3) is 3.04. The predicted molar refractivity (Wildman–Crippen MR) is 80.1 cm³/mol. The minimum atomic E-state index is -0.208. The van der Waals surface area contributed by atoms with Crippen molar-refractivity contribution in [3.63, 3.8) is 0 Å². The number of carbonyl (C=O) groups is 1. The number of fused-ring (bicyclic) bond motifs is 1. The molecule has 7 heteroatoms. The van der Waals surface area contributed by atoms with Crippen LogP contribution in [0.15, 0.2) is 16.0 Å². The van der Waals surface area contributed by atoms with Gasteiger partial charge < -0.3 is 9.88 Å². The molecular weight excluding hydrogens is 276 g/mol. The van der Waals surface area contributed by atoms with Crippen molar-refractivity contribution in [3.05, 3.63) is 22.1 Å². The Labute approximate surface area is 121 Å². The lowest BCUT2D eigenvalue weighted by atomic mass is 10.4. The summed E-state index contributed by atoms with van der Waals surface area (Å²) < 4.78 is 0. The van der Waals surface area contributed by atoms with E-state index < -0.39 is 0 Å². The van der Waals surface area contributed by atoms with Gasteiger partial charge in [0, 0.05) is 18.8 Å². The molecule has 0 aromatic carbocycles. The quantitative estimate of drug-likeness (QED) is 0.647. The molecule has 0 radical (unpaired) electrons. The second-order valence-corrected chi connectivity index (χ2v) is 5.40. The number of hydrogen-bond acceptors (Lipinski definition) is 4. The van der Waals surface area contributed by atoms with Crippen molar-refractivity contribution in [2.75, 3.05) is 18.8 Å². The first-order chi connectivity index (χ1) is 9.55. The minimum absolute atomic E-state index is 0.0491. The highest BCUT2D eigenvalue weighted by atomic mass is 32.2. The number of carbonyl (C=O) groups excluding carboxylic acids is 1. The zero-order chi connectivity index (χ0) is 14.7. The molecule has 0 bridgehead atoms. The first-order valence-electron chi connectivity index (χ1n) is 6.55. The van der Waals surface area contributed by atoms with E-state index in [0.29, 0.717) is 29.3 Å². The molecular formula is C13H18N4O2S. The number of aromatic amines is 2. The van der Waals surface area contributed by atoms with E-state index >= 15 is 0 Å². The summed E-state index contributed by atoms with van der Waals surface area (Å²) in [5, 5.41) is 0.474. The zero-order valence-electron chi connectivity index (χ0n) is 11.8. The van der Waals surface area contributed by atoms with Gasteiger partial charge in [0.2, 0.25) is 5.91 Å². The van der Waals surface area contributed by atoms with Crippen LogP contribution in [0, 0.1) is 6.92 Å². The lowest BCUT2D eigenvalue weighted by molar-refractivity contribution is -0.127. The monoisotopic (exact) mass is 294 g/mol. The number of aromatic nitrogens is 3. The summed E-state index contributed by atoms with van der Waals surface area (Å²) in [5.41, 5.74) is 1.78. The molecule has 0 atom stereocenters. The Morgan fingerprint density at radius 1 is 1.35 bits per heavy atom. The molecule has 0 unspecified atom stereocenters. The van der Waals surface area contributed by atoms with Crippen LogP contribution in [0.1, 0.15) is 19.5 Å². The van der Waals surface area contributed by atoms with Crippen molar-refractivity contribution < 1.29 is 4.79 Å². The molecule has 20 heavy (non-hydrogen) atoms. The molecule has 2 aromatic rings. The van der Waals surface area contributed by atoms with Crippen molar-refractivity contribution in [2.45, 2.75) is 25.9 Å². The van der Waals surface area contributed by atoms with E-state index in [4.69, 9.17) is 0 Å². The van der Waals surface area contributed by atoms with Gasteiger partial charge in [0.05, 0.1) is 11.3 Å². The Hall–Kier alpha value is -1.76. The summed E-state index contributed by atoms with van der Waals surface area (Å²) in [6.07, 6.45) is 0. The SMILES string of the molecule is CCN(CC)C(=O)CSc1nc2cc(C)[nH]c2c(=O)[nH]1. The summed E-state index contributed by atoms with van der Waals surface area (Å²) >= 11 is 1.25. The fourth-order valence-electron chi connectivity index (χ4n) is 2.00. The van der Waals surface area contributed by atoms with E-state index in [0.717, 1.165) is 5.69 Å². The summed E-state index contributed by atoms with van der Waals surface area (Å²) in [4.78, 5) is 35.5. The number of nitrogens with zero attached hydrogens (tertiary/aromatic N) is 2. The van der Waals surface area contributed by atoms with Gasteiger partial charge in [0.25, 0.3) is 5.56 Å². The summed E-state index contributed by atoms with van der Waals surface area (Å²) in [6, 6.07) is 1.82. The molecule has 0 aliphatic carbocycles. The molecule has 0 aliphatic rings. The third-order valence-electron chi connectivity index (χ3n) is 3.05. The topological polar surface area (TPSA) is 81.8 Å². The number of amides is 1. The molecule has 1 amide bonds. The predicted octanol–water partition coefficient (Wildman–Crippen LogP) is 1.52. The summed E-state index contributed by atoms with van der Waals surface area (Å²) in [5.74, 6) is 0.326. The van der Waals surface area contributed by atoms with Crippen LogP contribution in [0.25, 0.3) is 11.0 Å². The van der Waals surface area contributed by atoms with Crippen LogP contribution in [0.5, 0.6) is 0 Å². The first kappa shape index (κ1) is 14.6. The Kier molecular flexibility index (Phi) is 4.49. The van der Waals surface area contributed by atoms with E-state index in [-0.39, 0.29) is 17.2 Å². The van der Waals surface area contributed by atoms with Crippen LogP contribution in [0.4, 0.5) is 0 Å². The van der Waals surface area contributed by atoms with E-state index in [2.05, 4.69) is 15.0 Å². The highest BCUT2D eigenvalue weighted by Crippen LogP contribution is 2.15. The van der Waals surface area contributed by atoms with E-state index in [1.807, 2.05) is 26.8 Å². The first-order valence-corrected chi connectivity index (χ1v) is 7.54. The molecule has 0 saturated carbocycles. The normalized spacial score (nSPS) is 10.9. The number of aryl methyl sites for hydroxylation is 1. The Bertz CT molecular complexity index is 673. The molecule has 0 saturated heterocycles.